The number of amides is 2. The molecule has 0 bridgehead atoms. The fraction of sp³-hybridized carbons (Fsp3) is 0.636. The minimum absolute atomic E-state index is 0.00216. The fourth-order valence-electron chi connectivity index (χ4n) is 3.24. The van der Waals surface area contributed by atoms with Crippen LogP contribution in [0.1, 0.15) is 60.8 Å². The SMILES string of the molecule is CCC(CC)C(=O)Nc1ccc2c(c1)N(CCC(C)C)C(=O)C(C)(C)CO2. The zero-order chi connectivity index (χ0) is 20.2. The minimum Gasteiger partial charge on any atom is -0.490 e. The first-order valence-corrected chi connectivity index (χ1v) is 10.1. The summed E-state index contributed by atoms with van der Waals surface area (Å²) in [5, 5.41) is 3.00. The van der Waals surface area contributed by atoms with Crippen LogP contribution >= 0.6 is 0 Å². The summed E-state index contributed by atoms with van der Waals surface area (Å²) >= 11 is 0. The van der Waals surface area contributed by atoms with Crippen molar-refractivity contribution in [3.63, 3.8) is 0 Å². The lowest BCUT2D eigenvalue weighted by molar-refractivity contribution is -0.127. The Morgan fingerprint density at radius 3 is 2.52 bits per heavy atom. The van der Waals surface area contributed by atoms with Crippen molar-refractivity contribution in [2.75, 3.05) is 23.4 Å². The van der Waals surface area contributed by atoms with Crippen molar-refractivity contribution < 1.29 is 14.3 Å². The van der Waals surface area contributed by atoms with Gasteiger partial charge in [-0.15, -0.1) is 0 Å². The lowest BCUT2D eigenvalue weighted by atomic mass is 9.92. The molecule has 5 nitrogen and oxygen atoms in total. The number of anilines is 2. The number of carbonyl (C=O) groups excluding carboxylic acids is 2. The number of rotatable bonds is 7. The van der Waals surface area contributed by atoms with Gasteiger partial charge in [-0.05, 0) is 57.2 Å². The molecule has 2 rings (SSSR count). The largest absolute Gasteiger partial charge is 0.490 e. The number of benzene rings is 1. The molecule has 0 unspecified atom stereocenters. The van der Waals surface area contributed by atoms with Crippen molar-refractivity contribution in [3.05, 3.63) is 18.2 Å². The van der Waals surface area contributed by atoms with Gasteiger partial charge < -0.3 is 15.0 Å². The molecule has 1 aliphatic heterocycles. The van der Waals surface area contributed by atoms with Gasteiger partial charge in [0.2, 0.25) is 11.8 Å². The van der Waals surface area contributed by atoms with Gasteiger partial charge in [-0.1, -0.05) is 27.7 Å². The molecule has 1 heterocycles. The van der Waals surface area contributed by atoms with Crippen molar-refractivity contribution in [3.8, 4) is 5.75 Å². The van der Waals surface area contributed by atoms with E-state index in [-0.39, 0.29) is 17.7 Å². The topological polar surface area (TPSA) is 58.6 Å². The highest BCUT2D eigenvalue weighted by Crippen LogP contribution is 2.38. The minimum atomic E-state index is -0.588. The summed E-state index contributed by atoms with van der Waals surface area (Å²) in [6.07, 6.45) is 2.53. The number of nitrogens with one attached hydrogen (secondary N) is 1. The summed E-state index contributed by atoms with van der Waals surface area (Å²) in [7, 11) is 0. The van der Waals surface area contributed by atoms with Crippen LogP contribution in [0.4, 0.5) is 11.4 Å². The van der Waals surface area contributed by atoms with E-state index in [1.807, 2.05) is 50.8 Å². The Labute approximate surface area is 163 Å². The lowest BCUT2D eigenvalue weighted by Gasteiger charge is -2.29. The van der Waals surface area contributed by atoms with Gasteiger partial charge in [0.05, 0.1) is 11.1 Å². The molecule has 0 fully saturated rings. The number of ether oxygens (including phenoxy) is 1. The second-order valence-corrected chi connectivity index (χ2v) is 8.50. The van der Waals surface area contributed by atoms with E-state index in [1.54, 1.807) is 0 Å². The highest BCUT2D eigenvalue weighted by atomic mass is 16.5. The quantitative estimate of drug-likeness (QED) is 0.741. The van der Waals surface area contributed by atoms with Crippen molar-refractivity contribution in [2.45, 2.75) is 60.8 Å². The summed E-state index contributed by atoms with van der Waals surface area (Å²) in [6.45, 7) is 13.2. The standard InChI is InChI=1S/C22H34N2O3/c1-7-16(8-2)20(25)23-17-9-10-19-18(13-17)24(12-11-15(3)4)21(26)22(5,6)14-27-19/h9-10,13,15-16H,7-8,11-12,14H2,1-6H3,(H,23,25). The zero-order valence-electron chi connectivity index (χ0n) is 17.6. The maximum Gasteiger partial charge on any atom is 0.236 e. The molecule has 5 heteroatoms. The van der Waals surface area contributed by atoms with E-state index < -0.39 is 5.41 Å². The smallest absolute Gasteiger partial charge is 0.236 e. The fourth-order valence-corrected chi connectivity index (χ4v) is 3.24. The molecule has 27 heavy (non-hydrogen) atoms. The lowest BCUT2D eigenvalue weighted by Crippen LogP contribution is -2.42. The van der Waals surface area contributed by atoms with Gasteiger partial charge in [-0.2, -0.15) is 0 Å². The van der Waals surface area contributed by atoms with Crippen molar-refractivity contribution in [1.29, 1.82) is 0 Å². The summed E-state index contributed by atoms with van der Waals surface area (Å²) in [4.78, 5) is 27.4. The van der Waals surface area contributed by atoms with Crippen LogP contribution in [0, 0.1) is 17.3 Å². The highest BCUT2D eigenvalue weighted by molar-refractivity contribution is 6.00. The van der Waals surface area contributed by atoms with E-state index in [2.05, 4.69) is 19.2 Å². The Morgan fingerprint density at radius 1 is 1.26 bits per heavy atom. The molecule has 150 valence electrons. The van der Waals surface area contributed by atoms with Gasteiger partial charge in [-0.3, -0.25) is 9.59 Å². The van der Waals surface area contributed by atoms with E-state index >= 15 is 0 Å². The second kappa shape index (κ2) is 8.77. The summed E-state index contributed by atoms with van der Waals surface area (Å²) in [5.41, 5.74) is 0.861. The van der Waals surface area contributed by atoms with Crippen LogP contribution in [-0.2, 0) is 9.59 Å². The van der Waals surface area contributed by atoms with Gasteiger partial charge in [-0.25, -0.2) is 0 Å². The molecule has 0 atom stereocenters. The Balaban J connectivity index is 2.35. The highest BCUT2D eigenvalue weighted by Gasteiger charge is 2.37. The Morgan fingerprint density at radius 2 is 1.93 bits per heavy atom. The molecule has 1 aromatic rings. The molecular weight excluding hydrogens is 340 g/mol. The summed E-state index contributed by atoms with van der Waals surface area (Å²) in [5.74, 6) is 1.27. The molecule has 2 amide bonds. The van der Waals surface area contributed by atoms with Gasteiger partial charge in [0, 0.05) is 18.2 Å². The van der Waals surface area contributed by atoms with Crippen LogP contribution < -0.4 is 15.0 Å². The number of carbonyl (C=O) groups is 2. The second-order valence-electron chi connectivity index (χ2n) is 8.50. The molecule has 0 saturated carbocycles. The van der Waals surface area contributed by atoms with Crippen LogP contribution in [0.3, 0.4) is 0 Å². The van der Waals surface area contributed by atoms with Crippen LogP contribution in [-0.4, -0.2) is 25.0 Å². The number of hydrogen-bond acceptors (Lipinski definition) is 3. The maximum atomic E-state index is 13.1. The molecule has 0 aromatic heterocycles. The first-order chi connectivity index (χ1) is 12.7. The van der Waals surface area contributed by atoms with Crippen LogP contribution in [0.15, 0.2) is 18.2 Å². The van der Waals surface area contributed by atoms with Crippen molar-refractivity contribution >= 4 is 23.2 Å². The molecule has 0 spiro atoms. The van der Waals surface area contributed by atoms with E-state index in [9.17, 15) is 9.59 Å². The Hall–Kier alpha value is -2.04. The summed E-state index contributed by atoms with van der Waals surface area (Å²) in [6, 6.07) is 5.58. The molecule has 1 aromatic carbocycles. The van der Waals surface area contributed by atoms with Gasteiger partial charge in [0.25, 0.3) is 0 Å². The van der Waals surface area contributed by atoms with Crippen molar-refractivity contribution in [2.24, 2.45) is 17.3 Å². The Kier molecular flexibility index (Phi) is 6.90. The molecule has 1 N–H and O–H groups in total. The molecular formula is C22H34N2O3. The van der Waals surface area contributed by atoms with Gasteiger partial charge >= 0.3 is 0 Å². The third-order valence-corrected chi connectivity index (χ3v) is 5.22. The predicted molar refractivity (Wildman–Crippen MR) is 110 cm³/mol. The molecule has 0 saturated heterocycles. The van der Waals surface area contributed by atoms with Gasteiger partial charge in [0.1, 0.15) is 12.4 Å². The Bertz CT molecular complexity index is 678. The van der Waals surface area contributed by atoms with E-state index in [4.69, 9.17) is 4.74 Å². The molecule has 0 aliphatic carbocycles. The van der Waals surface area contributed by atoms with E-state index in [1.165, 1.54) is 0 Å². The number of hydrogen-bond donors (Lipinski definition) is 1. The normalized spacial score (nSPS) is 16.1. The summed E-state index contributed by atoms with van der Waals surface area (Å²) < 4.78 is 5.95. The van der Waals surface area contributed by atoms with E-state index in [0.29, 0.717) is 30.5 Å². The van der Waals surface area contributed by atoms with Gasteiger partial charge in [0.15, 0.2) is 0 Å². The average molecular weight is 375 g/mol. The molecule has 1 aliphatic rings. The zero-order valence-corrected chi connectivity index (χ0v) is 17.6. The van der Waals surface area contributed by atoms with Crippen molar-refractivity contribution in [1.82, 2.24) is 0 Å². The monoisotopic (exact) mass is 374 g/mol. The number of nitrogens with zero attached hydrogens (tertiary/aromatic N) is 1. The third-order valence-electron chi connectivity index (χ3n) is 5.22. The first kappa shape index (κ1) is 21.3. The van der Waals surface area contributed by atoms with Crippen LogP contribution in [0.25, 0.3) is 0 Å². The molecule has 0 radical (unpaired) electrons. The third kappa shape index (κ3) is 5.02. The first-order valence-electron chi connectivity index (χ1n) is 10.1. The maximum absolute atomic E-state index is 13.1. The average Bonchev–Trinajstić information content (AvgIpc) is 2.70. The van der Waals surface area contributed by atoms with Crippen LogP contribution in [0.5, 0.6) is 5.75 Å². The predicted octanol–water partition coefficient (Wildman–Crippen LogP) is 4.86. The van der Waals surface area contributed by atoms with E-state index in [0.717, 1.165) is 24.9 Å². The van der Waals surface area contributed by atoms with Crippen LogP contribution in [0.2, 0.25) is 0 Å². The number of fused-ring (bicyclic) bond motifs is 1.